The summed E-state index contributed by atoms with van der Waals surface area (Å²) < 4.78 is 5.93. The van der Waals surface area contributed by atoms with Crippen molar-refractivity contribution in [1.82, 2.24) is 9.80 Å². The molecule has 2 bridgehead atoms. The topological polar surface area (TPSA) is 70.1 Å². The summed E-state index contributed by atoms with van der Waals surface area (Å²) in [4.78, 5) is 28.7. The lowest BCUT2D eigenvalue weighted by Gasteiger charge is -2.29. The van der Waals surface area contributed by atoms with Crippen LogP contribution in [0.1, 0.15) is 17.5 Å². The Hall–Kier alpha value is -2.18. The fraction of sp³-hybridized carbons (Fsp3) is 0.524. The van der Waals surface area contributed by atoms with Crippen LogP contribution in [0.15, 0.2) is 36.4 Å². The molecule has 4 aliphatic rings. The zero-order valence-corrected chi connectivity index (χ0v) is 15.2. The maximum atomic E-state index is 12.9. The Labute approximate surface area is 158 Å². The fourth-order valence-corrected chi connectivity index (χ4v) is 5.28. The second-order valence-corrected chi connectivity index (χ2v) is 8.15. The summed E-state index contributed by atoms with van der Waals surface area (Å²) in [5, 5.41) is 9.52. The molecule has 0 radical (unpaired) electrons. The number of carboxylic acids is 1. The summed E-state index contributed by atoms with van der Waals surface area (Å²) in [5.41, 5.74) is 2.12. The van der Waals surface area contributed by atoms with E-state index < -0.39 is 29.5 Å². The van der Waals surface area contributed by atoms with Crippen LogP contribution in [0.4, 0.5) is 0 Å². The Morgan fingerprint density at radius 2 is 2.07 bits per heavy atom. The van der Waals surface area contributed by atoms with E-state index in [1.807, 2.05) is 17.1 Å². The van der Waals surface area contributed by atoms with E-state index in [0.29, 0.717) is 13.1 Å². The van der Waals surface area contributed by atoms with Gasteiger partial charge in [0.1, 0.15) is 11.5 Å². The van der Waals surface area contributed by atoms with Gasteiger partial charge in [0.05, 0.1) is 18.6 Å². The number of nitrogens with zero attached hydrogens (tertiary/aromatic N) is 2. The molecular weight excluding hydrogens is 344 g/mol. The van der Waals surface area contributed by atoms with Crippen molar-refractivity contribution in [3.8, 4) is 0 Å². The van der Waals surface area contributed by atoms with E-state index >= 15 is 0 Å². The molecule has 4 unspecified atom stereocenters. The van der Waals surface area contributed by atoms with Crippen LogP contribution in [0.25, 0.3) is 0 Å². The van der Waals surface area contributed by atoms with Crippen LogP contribution in [-0.4, -0.2) is 64.7 Å². The third-order valence-electron chi connectivity index (χ3n) is 6.58. The molecule has 4 atom stereocenters. The molecule has 5 rings (SSSR count). The smallest absolute Gasteiger partial charge is 0.310 e. The molecule has 2 saturated heterocycles. The second kappa shape index (κ2) is 6.17. The molecular formula is C21H24N2O4. The van der Waals surface area contributed by atoms with Crippen LogP contribution < -0.4 is 0 Å². The molecule has 1 spiro atoms. The van der Waals surface area contributed by atoms with E-state index in [4.69, 9.17) is 4.74 Å². The Bertz CT molecular complexity index is 822. The minimum atomic E-state index is -0.932. The van der Waals surface area contributed by atoms with E-state index in [1.54, 1.807) is 0 Å². The first-order valence-corrected chi connectivity index (χ1v) is 9.75. The normalized spacial score (nSPS) is 34.1. The van der Waals surface area contributed by atoms with Crippen LogP contribution in [-0.2, 0) is 27.3 Å². The first-order chi connectivity index (χ1) is 13.1. The summed E-state index contributed by atoms with van der Waals surface area (Å²) in [6.45, 7) is 4.09. The highest BCUT2D eigenvalue weighted by molar-refractivity contribution is 5.90. The van der Waals surface area contributed by atoms with Crippen LogP contribution in [0.3, 0.4) is 0 Å². The molecule has 1 amide bonds. The average Bonchev–Trinajstić information content (AvgIpc) is 3.30. The first-order valence-electron chi connectivity index (χ1n) is 9.75. The summed E-state index contributed by atoms with van der Waals surface area (Å²) in [6, 6.07) is 8.58. The van der Waals surface area contributed by atoms with Gasteiger partial charge in [0.25, 0.3) is 0 Å². The molecule has 1 aromatic carbocycles. The number of aliphatic carboxylic acids is 1. The molecule has 1 aromatic rings. The molecule has 0 saturated carbocycles. The van der Waals surface area contributed by atoms with E-state index in [-0.39, 0.29) is 5.91 Å². The molecule has 6 nitrogen and oxygen atoms in total. The minimum Gasteiger partial charge on any atom is -0.481 e. The molecule has 2 fully saturated rings. The van der Waals surface area contributed by atoms with Crippen molar-refractivity contribution >= 4 is 11.9 Å². The summed E-state index contributed by atoms with van der Waals surface area (Å²) in [5.74, 6) is -2.30. The quantitative estimate of drug-likeness (QED) is 0.794. The van der Waals surface area contributed by atoms with Gasteiger partial charge < -0.3 is 14.7 Å². The maximum absolute atomic E-state index is 12.9. The van der Waals surface area contributed by atoms with E-state index in [0.717, 1.165) is 32.5 Å². The number of carboxylic acid groups (broad SMARTS) is 1. The van der Waals surface area contributed by atoms with Crippen molar-refractivity contribution in [2.24, 2.45) is 11.8 Å². The van der Waals surface area contributed by atoms with Crippen LogP contribution >= 0.6 is 0 Å². The van der Waals surface area contributed by atoms with Crippen molar-refractivity contribution in [3.63, 3.8) is 0 Å². The fourth-order valence-electron chi connectivity index (χ4n) is 5.28. The molecule has 0 aromatic heterocycles. The number of rotatable bonds is 5. The SMILES string of the molecule is O=C(O)C1C2C=CC3(CN(CCCN4CCc5ccccc5C4)C(=O)C13)O2. The zero-order valence-electron chi connectivity index (χ0n) is 15.2. The van der Waals surface area contributed by atoms with Gasteiger partial charge >= 0.3 is 5.97 Å². The number of benzene rings is 1. The van der Waals surface area contributed by atoms with Gasteiger partial charge in [-0.15, -0.1) is 0 Å². The van der Waals surface area contributed by atoms with E-state index in [2.05, 4.69) is 29.2 Å². The first kappa shape index (κ1) is 17.0. The third kappa shape index (κ3) is 2.62. The Balaban J connectivity index is 1.19. The number of ether oxygens (including phenoxy) is 1. The summed E-state index contributed by atoms with van der Waals surface area (Å²) in [6.07, 6.45) is 5.25. The minimum absolute atomic E-state index is 0.0572. The standard InChI is InChI=1S/C21H24N2O4/c24-19-18-17(20(25)26)16-6-8-21(18,27-16)13-23(19)10-3-9-22-11-7-14-4-1-2-5-15(14)12-22/h1-2,4-6,8,16-18H,3,7,9-13H2,(H,25,26). The molecule has 142 valence electrons. The van der Waals surface area contributed by atoms with Crippen molar-refractivity contribution < 1.29 is 19.4 Å². The predicted molar refractivity (Wildman–Crippen MR) is 98.0 cm³/mol. The van der Waals surface area contributed by atoms with Crippen LogP contribution in [0.2, 0.25) is 0 Å². The van der Waals surface area contributed by atoms with Crippen molar-refractivity contribution in [2.75, 3.05) is 26.2 Å². The van der Waals surface area contributed by atoms with Gasteiger partial charge in [-0.05, 0) is 24.0 Å². The number of hydrogen-bond donors (Lipinski definition) is 1. The van der Waals surface area contributed by atoms with Crippen LogP contribution in [0.5, 0.6) is 0 Å². The lowest BCUT2D eigenvalue weighted by molar-refractivity contribution is -0.148. The van der Waals surface area contributed by atoms with Gasteiger partial charge in [-0.25, -0.2) is 0 Å². The Morgan fingerprint density at radius 1 is 1.26 bits per heavy atom. The van der Waals surface area contributed by atoms with Gasteiger partial charge in [-0.1, -0.05) is 36.4 Å². The van der Waals surface area contributed by atoms with Crippen molar-refractivity contribution in [3.05, 3.63) is 47.5 Å². The summed E-state index contributed by atoms with van der Waals surface area (Å²) >= 11 is 0. The Kier molecular flexibility index (Phi) is 3.88. The van der Waals surface area contributed by atoms with Gasteiger partial charge in [-0.2, -0.15) is 0 Å². The van der Waals surface area contributed by atoms with Gasteiger partial charge in [0.15, 0.2) is 0 Å². The largest absolute Gasteiger partial charge is 0.481 e. The predicted octanol–water partition coefficient (Wildman–Crippen LogP) is 1.30. The second-order valence-electron chi connectivity index (χ2n) is 8.15. The molecule has 4 heterocycles. The number of carbonyl (C=O) groups is 2. The van der Waals surface area contributed by atoms with Crippen molar-refractivity contribution in [1.29, 1.82) is 0 Å². The maximum Gasteiger partial charge on any atom is 0.310 e. The van der Waals surface area contributed by atoms with E-state index in [1.165, 1.54) is 11.1 Å². The number of amides is 1. The van der Waals surface area contributed by atoms with Gasteiger partial charge in [0, 0.05) is 26.2 Å². The van der Waals surface area contributed by atoms with Crippen molar-refractivity contribution in [2.45, 2.75) is 31.1 Å². The zero-order chi connectivity index (χ0) is 18.6. The monoisotopic (exact) mass is 368 g/mol. The average molecular weight is 368 g/mol. The summed E-state index contributed by atoms with van der Waals surface area (Å²) in [7, 11) is 0. The highest BCUT2D eigenvalue weighted by Crippen LogP contribution is 2.51. The number of likely N-dealkylation sites (tertiary alicyclic amines) is 1. The van der Waals surface area contributed by atoms with Crippen LogP contribution in [0, 0.1) is 11.8 Å². The highest BCUT2D eigenvalue weighted by Gasteiger charge is 2.66. The number of carbonyl (C=O) groups excluding carboxylic acids is 1. The molecule has 27 heavy (non-hydrogen) atoms. The molecule has 0 aliphatic carbocycles. The van der Waals surface area contributed by atoms with Gasteiger partial charge in [0.2, 0.25) is 5.91 Å². The molecule has 6 heteroatoms. The van der Waals surface area contributed by atoms with Gasteiger partial charge in [-0.3, -0.25) is 14.5 Å². The Morgan fingerprint density at radius 3 is 2.89 bits per heavy atom. The number of hydrogen-bond acceptors (Lipinski definition) is 4. The number of fused-ring (bicyclic) bond motifs is 2. The lowest BCUT2D eigenvalue weighted by Crippen LogP contribution is -2.39. The lowest BCUT2D eigenvalue weighted by atomic mass is 9.77. The van der Waals surface area contributed by atoms with E-state index in [9.17, 15) is 14.7 Å². The molecule has 1 N–H and O–H groups in total. The molecule has 4 aliphatic heterocycles. The third-order valence-corrected chi connectivity index (χ3v) is 6.58. The highest BCUT2D eigenvalue weighted by atomic mass is 16.5.